The topological polar surface area (TPSA) is 103 Å². The van der Waals surface area contributed by atoms with Crippen molar-refractivity contribution < 1.29 is 19.2 Å². The number of nitro groups is 1. The normalized spacial score (nSPS) is 10.6. The molecule has 3 aromatic rings. The lowest BCUT2D eigenvalue weighted by molar-refractivity contribution is -0.385. The SMILES string of the molecule is COc1ccc(C=NNC(=O)COc2ccc(-c3ccccc3)cc2)cc1[N+](=O)[O-]. The molecule has 8 heteroatoms. The quantitative estimate of drug-likeness (QED) is 0.349. The number of nitrogens with zero attached hydrogens (tertiary/aromatic N) is 2. The lowest BCUT2D eigenvalue weighted by Crippen LogP contribution is -2.24. The van der Waals surface area contributed by atoms with E-state index in [-0.39, 0.29) is 18.0 Å². The maximum atomic E-state index is 11.9. The van der Waals surface area contributed by atoms with E-state index in [0.29, 0.717) is 11.3 Å². The fraction of sp³-hybridized carbons (Fsp3) is 0.0909. The standard InChI is InChI=1S/C22H19N3O5/c1-29-21-12-7-16(13-20(21)25(27)28)14-23-24-22(26)15-30-19-10-8-18(9-11-19)17-5-3-2-4-6-17/h2-14H,15H2,1H3,(H,24,26). The molecule has 1 N–H and O–H groups in total. The molecular weight excluding hydrogens is 386 g/mol. The van der Waals surface area contributed by atoms with Gasteiger partial charge in [0.05, 0.1) is 18.2 Å². The molecule has 0 aliphatic rings. The molecule has 3 aromatic carbocycles. The maximum absolute atomic E-state index is 11.9. The Balaban J connectivity index is 1.51. The Morgan fingerprint density at radius 3 is 2.43 bits per heavy atom. The van der Waals surface area contributed by atoms with Crippen molar-refractivity contribution in [2.75, 3.05) is 13.7 Å². The lowest BCUT2D eigenvalue weighted by atomic mass is 10.1. The number of nitro benzene ring substituents is 1. The third kappa shape index (κ3) is 5.41. The molecule has 0 fully saturated rings. The number of ether oxygens (including phenoxy) is 2. The second kappa shape index (κ2) is 9.83. The summed E-state index contributed by atoms with van der Waals surface area (Å²) < 4.78 is 10.4. The van der Waals surface area contributed by atoms with Crippen molar-refractivity contribution >= 4 is 17.8 Å². The summed E-state index contributed by atoms with van der Waals surface area (Å²) in [6, 6.07) is 21.7. The predicted octanol–water partition coefficient (Wildman–Crippen LogP) is 3.80. The van der Waals surface area contributed by atoms with Crippen LogP contribution in [0, 0.1) is 10.1 Å². The van der Waals surface area contributed by atoms with Crippen LogP contribution in [0.25, 0.3) is 11.1 Å². The van der Waals surface area contributed by atoms with Crippen LogP contribution in [0.4, 0.5) is 5.69 Å². The molecule has 0 aliphatic heterocycles. The predicted molar refractivity (Wildman–Crippen MR) is 113 cm³/mol. The van der Waals surface area contributed by atoms with Crippen molar-refractivity contribution in [2.45, 2.75) is 0 Å². The summed E-state index contributed by atoms with van der Waals surface area (Å²) in [5.41, 5.74) is 4.72. The van der Waals surface area contributed by atoms with E-state index in [1.54, 1.807) is 18.2 Å². The van der Waals surface area contributed by atoms with Crippen molar-refractivity contribution in [2.24, 2.45) is 5.10 Å². The van der Waals surface area contributed by atoms with Gasteiger partial charge >= 0.3 is 5.69 Å². The van der Waals surface area contributed by atoms with Crippen LogP contribution in [0.15, 0.2) is 77.9 Å². The first-order valence-corrected chi connectivity index (χ1v) is 8.99. The Morgan fingerprint density at radius 1 is 1.07 bits per heavy atom. The van der Waals surface area contributed by atoms with Gasteiger partial charge < -0.3 is 9.47 Å². The summed E-state index contributed by atoms with van der Waals surface area (Å²) in [7, 11) is 1.35. The zero-order chi connectivity index (χ0) is 21.3. The van der Waals surface area contributed by atoms with Gasteiger partial charge in [0.25, 0.3) is 5.91 Å². The van der Waals surface area contributed by atoms with E-state index in [1.807, 2.05) is 42.5 Å². The highest BCUT2D eigenvalue weighted by Crippen LogP contribution is 2.26. The maximum Gasteiger partial charge on any atom is 0.311 e. The number of benzene rings is 3. The molecule has 0 aliphatic carbocycles. The number of hydrazone groups is 1. The number of carbonyl (C=O) groups excluding carboxylic acids is 1. The number of methoxy groups -OCH3 is 1. The summed E-state index contributed by atoms with van der Waals surface area (Å²) in [6.07, 6.45) is 1.30. The van der Waals surface area contributed by atoms with Crippen LogP contribution >= 0.6 is 0 Å². The van der Waals surface area contributed by atoms with Gasteiger partial charge in [-0.3, -0.25) is 14.9 Å². The van der Waals surface area contributed by atoms with Crippen LogP contribution in [-0.4, -0.2) is 30.8 Å². The molecule has 8 nitrogen and oxygen atoms in total. The number of nitrogens with one attached hydrogen (secondary N) is 1. The van der Waals surface area contributed by atoms with Gasteiger partial charge in [0.1, 0.15) is 5.75 Å². The number of hydrogen-bond acceptors (Lipinski definition) is 6. The minimum Gasteiger partial charge on any atom is -0.490 e. The summed E-state index contributed by atoms with van der Waals surface area (Å²) in [5.74, 6) is 0.244. The molecule has 0 aromatic heterocycles. The van der Waals surface area contributed by atoms with E-state index in [1.165, 1.54) is 25.5 Å². The Hall–Kier alpha value is -4.20. The van der Waals surface area contributed by atoms with Crippen molar-refractivity contribution in [3.63, 3.8) is 0 Å². The number of carbonyl (C=O) groups is 1. The van der Waals surface area contributed by atoms with E-state index in [0.717, 1.165) is 11.1 Å². The second-order valence-corrected chi connectivity index (χ2v) is 6.16. The van der Waals surface area contributed by atoms with Gasteiger partial charge in [0, 0.05) is 11.6 Å². The monoisotopic (exact) mass is 405 g/mol. The smallest absolute Gasteiger partial charge is 0.311 e. The van der Waals surface area contributed by atoms with E-state index in [9.17, 15) is 14.9 Å². The third-order valence-electron chi connectivity index (χ3n) is 4.13. The zero-order valence-corrected chi connectivity index (χ0v) is 16.1. The van der Waals surface area contributed by atoms with Gasteiger partial charge in [-0.1, -0.05) is 42.5 Å². The summed E-state index contributed by atoms with van der Waals surface area (Å²) in [4.78, 5) is 22.4. The summed E-state index contributed by atoms with van der Waals surface area (Å²) >= 11 is 0. The highest BCUT2D eigenvalue weighted by atomic mass is 16.6. The summed E-state index contributed by atoms with van der Waals surface area (Å²) in [5, 5.41) is 14.8. The molecule has 0 bridgehead atoms. The molecule has 1 amide bonds. The zero-order valence-electron chi connectivity index (χ0n) is 16.1. The van der Waals surface area contributed by atoms with Gasteiger partial charge in [0.2, 0.25) is 0 Å². The molecule has 0 saturated heterocycles. The fourth-order valence-corrected chi connectivity index (χ4v) is 2.66. The van der Waals surface area contributed by atoms with E-state index in [4.69, 9.17) is 9.47 Å². The third-order valence-corrected chi connectivity index (χ3v) is 4.13. The Bertz CT molecular complexity index is 1050. The highest BCUT2D eigenvalue weighted by molar-refractivity contribution is 5.84. The largest absolute Gasteiger partial charge is 0.490 e. The molecule has 152 valence electrons. The van der Waals surface area contributed by atoms with Crippen molar-refractivity contribution in [3.05, 3.63) is 88.5 Å². The number of rotatable bonds is 8. The van der Waals surface area contributed by atoms with Crippen molar-refractivity contribution in [1.29, 1.82) is 0 Å². The van der Waals surface area contributed by atoms with Crippen LogP contribution in [-0.2, 0) is 4.79 Å². The molecule has 3 rings (SSSR count). The molecule has 0 unspecified atom stereocenters. The molecule has 0 spiro atoms. The summed E-state index contributed by atoms with van der Waals surface area (Å²) in [6.45, 7) is -0.217. The first-order chi connectivity index (χ1) is 14.6. The van der Waals surface area contributed by atoms with Crippen LogP contribution in [0.3, 0.4) is 0 Å². The molecular formula is C22H19N3O5. The second-order valence-electron chi connectivity index (χ2n) is 6.16. The van der Waals surface area contributed by atoms with Gasteiger partial charge in [-0.2, -0.15) is 5.10 Å². The molecule has 0 radical (unpaired) electrons. The van der Waals surface area contributed by atoms with Crippen LogP contribution in [0.2, 0.25) is 0 Å². The van der Waals surface area contributed by atoms with Crippen molar-refractivity contribution in [3.8, 4) is 22.6 Å². The Labute approximate surface area is 172 Å². The van der Waals surface area contributed by atoms with Gasteiger partial charge in [-0.15, -0.1) is 0 Å². The Morgan fingerprint density at radius 2 is 1.77 bits per heavy atom. The Kier molecular flexibility index (Phi) is 6.73. The lowest BCUT2D eigenvalue weighted by Gasteiger charge is -2.06. The number of amides is 1. The first-order valence-electron chi connectivity index (χ1n) is 8.99. The fourth-order valence-electron chi connectivity index (χ4n) is 2.66. The average Bonchev–Trinajstić information content (AvgIpc) is 2.78. The minimum absolute atomic E-state index is 0.146. The van der Waals surface area contributed by atoms with E-state index >= 15 is 0 Å². The van der Waals surface area contributed by atoms with Crippen LogP contribution < -0.4 is 14.9 Å². The van der Waals surface area contributed by atoms with Crippen molar-refractivity contribution in [1.82, 2.24) is 5.43 Å². The van der Waals surface area contributed by atoms with E-state index < -0.39 is 10.8 Å². The van der Waals surface area contributed by atoms with Crippen LogP contribution in [0.5, 0.6) is 11.5 Å². The van der Waals surface area contributed by atoms with Crippen LogP contribution in [0.1, 0.15) is 5.56 Å². The highest BCUT2D eigenvalue weighted by Gasteiger charge is 2.14. The molecule has 30 heavy (non-hydrogen) atoms. The van der Waals surface area contributed by atoms with Gasteiger partial charge in [-0.05, 0) is 35.4 Å². The van der Waals surface area contributed by atoms with E-state index in [2.05, 4.69) is 10.5 Å². The first kappa shape index (κ1) is 20.5. The molecule has 0 atom stereocenters. The molecule has 0 heterocycles. The molecule has 0 saturated carbocycles. The van der Waals surface area contributed by atoms with Gasteiger partial charge in [0.15, 0.2) is 12.4 Å². The van der Waals surface area contributed by atoms with Gasteiger partial charge in [-0.25, -0.2) is 5.43 Å². The minimum atomic E-state index is -0.550. The number of hydrogen-bond donors (Lipinski definition) is 1. The average molecular weight is 405 g/mol.